The third kappa shape index (κ3) is 1.80. The molecule has 2 N–H and O–H groups in total. The van der Waals surface area contributed by atoms with Crippen LogP contribution in [0.4, 0.5) is 0 Å². The van der Waals surface area contributed by atoms with Crippen molar-refractivity contribution in [3.05, 3.63) is 12.2 Å². The number of hydrogen-bond donors (Lipinski definition) is 1. The molecule has 0 spiro atoms. The maximum absolute atomic E-state index is 5.72. The Morgan fingerprint density at radius 1 is 1.78 bits per heavy atom. The second-order valence-corrected chi connectivity index (χ2v) is 2.23. The first-order valence-electron chi connectivity index (χ1n) is 3.07. The Labute approximate surface area is 56.7 Å². The molecule has 0 aliphatic heterocycles. The van der Waals surface area contributed by atoms with E-state index in [0.717, 1.165) is 12.0 Å². The maximum atomic E-state index is 5.72. The highest BCUT2D eigenvalue weighted by molar-refractivity contribution is 5.06. The summed E-state index contributed by atoms with van der Waals surface area (Å²) in [5.41, 5.74) is 5.97. The second-order valence-electron chi connectivity index (χ2n) is 2.23. The number of nitrogens with two attached hydrogens (primary N) is 1. The van der Waals surface area contributed by atoms with Crippen molar-refractivity contribution in [3.63, 3.8) is 0 Å². The Kier molecular flexibility index (Phi) is 2.88. The Hall–Kier alpha value is -0.340. The molecule has 0 aromatic rings. The van der Waals surface area contributed by atoms with Gasteiger partial charge in [-0.15, -0.1) is 0 Å². The van der Waals surface area contributed by atoms with Gasteiger partial charge in [-0.2, -0.15) is 0 Å². The zero-order valence-electron chi connectivity index (χ0n) is 6.40. The number of rotatable bonds is 3. The van der Waals surface area contributed by atoms with Crippen LogP contribution in [-0.4, -0.2) is 12.8 Å². The van der Waals surface area contributed by atoms with Crippen LogP contribution in [0.15, 0.2) is 12.2 Å². The average molecular weight is 129 g/mol. The fourth-order valence-corrected chi connectivity index (χ4v) is 0.620. The van der Waals surface area contributed by atoms with Crippen LogP contribution in [-0.2, 0) is 4.74 Å². The SMILES string of the molecule is C=C(C)C(N)(CC)OC. The predicted octanol–water partition coefficient (Wildman–Crippen LogP) is 1.27. The highest BCUT2D eigenvalue weighted by Gasteiger charge is 2.21. The summed E-state index contributed by atoms with van der Waals surface area (Å²) in [5, 5.41) is 0. The van der Waals surface area contributed by atoms with E-state index in [0.29, 0.717) is 0 Å². The Bertz CT molecular complexity index is 105. The first-order valence-corrected chi connectivity index (χ1v) is 3.07. The van der Waals surface area contributed by atoms with Crippen LogP contribution in [0.1, 0.15) is 20.3 Å². The van der Waals surface area contributed by atoms with Crippen molar-refractivity contribution in [3.8, 4) is 0 Å². The topological polar surface area (TPSA) is 35.2 Å². The van der Waals surface area contributed by atoms with E-state index in [1.54, 1.807) is 7.11 Å². The summed E-state index contributed by atoms with van der Waals surface area (Å²) >= 11 is 0. The zero-order chi connectivity index (χ0) is 7.49. The normalized spacial score (nSPS) is 16.9. The van der Waals surface area contributed by atoms with Gasteiger partial charge < -0.3 is 4.74 Å². The van der Waals surface area contributed by atoms with Crippen molar-refractivity contribution in [1.82, 2.24) is 0 Å². The van der Waals surface area contributed by atoms with E-state index < -0.39 is 5.72 Å². The molecule has 0 heterocycles. The average Bonchev–Trinajstić information content (AvgIpc) is 1.86. The molecule has 0 aliphatic carbocycles. The second kappa shape index (κ2) is 2.99. The molecule has 0 bridgehead atoms. The molecule has 1 unspecified atom stereocenters. The van der Waals surface area contributed by atoms with E-state index in [1.165, 1.54) is 0 Å². The van der Waals surface area contributed by atoms with Gasteiger partial charge in [0.15, 0.2) is 0 Å². The molecule has 0 aromatic heterocycles. The van der Waals surface area contributed by atoms with E-state index in [-0.39, 0.29) is 0 Å². The summed E-state index contributed by atoms with van der Waals surface area (Å²) in [6, 6.07) is 0. The van der Waals surface area contributed by atoms with Crippen LogP contribution >= 0.6 is 0 Å². The third-order valence-corrected chi connectivity index (χ3v) is 1.61. The molecule has 2 nitrogen and oxygen atoms in total. The molecular formula is C7H15NO. The zero-order valence-corrected chi connectivity index (χ0v) is 6.40. The van der Waals surface area contributed by atoms with Crippen LogP contribution in [0, 0.1) is 0 Å². The monoisotopic (exact) mass is 129 g/mol. The van der Waals surface area contributed by atoms with Crippen molar-refractivity contribution in [2.45, 2.75) is 26.0 Å². The lowest BCUT2D eigenvalue weighted by Crippen LogP contribution is -2.41. The van der Waals surface area contributed by atoms with E-state index in [1.807, 2.05) is 13.8 Å². The van der Waals surface area contributed by atoms with Gasteiger partial charge in [0, 0.05) is 7.11 Å². The first kappa shape index (κ1) is 8.66. The number of ether oxygens (including phenoxy) is 1. The van der Waals surface area contributed by atoms with E-state index in [2.05, 4.69) is 6.58 Å². The molecule has 0 aliphatic rings. The number of hydrogen-bond acceptors (Lipinski definition) is 2. The van der Waals surface area contributed by atoms with Gasteiger partial charge in [-0.05, 0) is 18.9 Å². The summed E-state index contributed by atoms with van der Waals surface area (Å²) in [7, 11) is 1.60. The lowest BCUT2D eigenvalue weighted by Gasteiger charge is -2.26. The molecule has 0 amide bonds. The van der Waals surface area contributed by atoms with E-state index in [9.17, 15) is 0 Å². The van der Waals surface area contributed by atoms with E-state index in [4.69, 9.17) is 10.5 Å². The molecule has 54 valence electrons. The third-order valence-electron chi connectivity index (χ3n) is 1.61. The minimum absolute atomic E-state index is 0.611. The minimum Gasteiger partial charge on any atom is -0.360 e. The van der Waals surface area contributed by atoms with E-state index >= 15 is 0 Å². The molecule has 1 atom stereocenters. The smallest absolute Gasteiger partial charge is 0.137 e. The molecule has 0 rings (SSSR count). The van der Waals surface area contributed by atoms with Gasteiger partial charge in [0.05, 0.1) is 0 Å². The van der Waals surface area contributed by atoms with Crippen LogP contribution in [0.3, 0.4) is 0 Å². The highest BCUT2D eigenvalue weighted by Crippen LogP contribution is 2.15. The molecule has 0 saturated carbocycles. The highest BCUT2D eigenvalue weighted by atomic mass is 16.5. The lowest BCUT2D eigenvalue weighted by molar-refractivity contribution is 0.0247. The molecule has 2 heteroatoms. The Balaban J connectivity index is 4.09. The first-order chi connectivity index (χ1) is 4.06. The summed E-state index contributed by atoms with van der Waals surface area (Å²) < 4.78 is 5.03. The van der Waals surface area contributed by atoms with Gasteiger partial charge in [0.25, 0.3) is 0 Å². The van der Waals surface area contributed by atoms with Gasteiger partial charge in [-0.25, -0.2) is 0 Å². The lowest BCUT2D eigenvalue weighted by atomic mass is 10.1. The predicted molar refractivity (Wildman–Crippen MR) is 39.0 cm³/mol. The van der Waals surface area contributed by atoms with Gasteiger partial charge in [0.2, 0.25) is 0 Å². The maximum Gasteiger partial charge on any atom is 0.137 e. The molecule has 0 aromatic carbocycles. The van der Waals surface area contributed by atoms with Crippen molar-refractivity contribution in [2.24, 2.45) is 5.73 Å². The van der Waals surface area contributed by atoms with Crippen LogP contribution in [0.2, 0.25) is 0 Å². The number of methoxy groups -OCH3 is 1. The fourth-order valence-electron chi connectivity index (χ4n) is 0.620. The largest absolute Gasteiger partial charge is 0.360 e. The minimum atomic E-state index is -0.611. The summed E-state index contributed by atoms with van der Waals surface area (Å²) in [6.07, 6.45) is 0.763. The summed E-state index contributed by atoms with van der Waals surface area (Å²) in [6.45, 7) is 7.56. The van der Waals surface area contributed by atoms with Crippen LogP contribution < -0.4 is 5.73 Å². The molecule has 9 heavy (non-hydrogen) atoms. The van der Waals surface area contributed by atoms with Crippen molar-refractivity contribution in [2.75, 3.05) is 7.11 Å². The summed E-state index contributed by atoms with van der Waals surface area (Å²) in [5.74, 6) is 0. The van der Waals surface area contributed by atoms with Crippen molar-refractivity contribution in [1.29, 1.82) is 0 Å². The molecule has 0 radical (unpaired) electrons. The van der Waals surface area contributed by atoms with Crippen molar-refractivity contribution >= 4 is 0 Å². The molecule has 0 saturated heterocycles. The van der Waals surface area contributed by atoms with Gasteiger partial charge >= 0.3 is 0 Å². The van der Waals surface area contributed by atoms with Gasteiger partial charge in [0.1, 0.15) is 5.72 Å². The van der Waals surface area contributed by atoms with Crippen molar-refractivity contribution < 1.29 is 4.74 Å². The molecule has 0 fully saturated rings. The van der Waals surface area contributed by atoms with Gasteiger partial charge in [-0.1, -0.05) is 13.5 Å². The standard InChI is InChI=1S/C7H15NO/c1-5-7(8,9-4)6(2)3/h2,5,8H2,1,3-4H3. The quantitative estimate of drug-likeness (QED) is 0.460. The fraction of sp³-hybridized carbons (Fsp3) is 0.714. The Morgan fingerprint density at radius 3 is 2.22 bits per heavy atom. The summed E-state index contributed by atoms with van der Waals surface area (Å²) in [4.78, 5) is 0. The molecular weight excluding hydrogens is 114 g/mol. The van der Waals surface area contributed by atoms with Crippen LogP contribution in [0.25, 0.3) is 0 Å². The van der Waals surface area contributed by atoms with Crippen LogP contribution in [0.5, 0.6) is 0 Å². The Morgan fingerprint density at radius 2 is 2.22 bits per heavy atom. The van der Waals surface area contributed by atoms with Gasteiger partial charge in [-0.3, -0.25) is 5.73 Å².